The molecule has 14 nitrogen and oxygen atoms in total. The predicted octanol–water partition coefficient (Wildman–Crippen LogP) is 15.4. The van der Waals surface area contributed by atoms with E-state index in [1.54, 1.807) is 0 Å². The number of carbonyl (C=O) groups excluding carboxylic acids is 1. The number of amides is 1. The van der Waals surface area contributed by atoms with Gasteiger partial charge in [0.05, 0.1) is 32.0 Å². The van der Waals surface area contributed by atoms with Crippen LogP contribution in [0.25, 0.3) is 0 Å². The highest BCUT2D eigenvalue weighted by molar-refractivity contribution is 5.76. The molecular formula is C72H139NO13. The second-order valence-corrected chi connectivity index (χ2v) is 26.4. The summed E-state index contributed by atoms with van der Waals surface area (Å²) in [6, 6.07) is -0.826. The van der Waals surface area contributed by atoms with Gasteiger partial charge in [0, 0.05) is 6.42 Å². The standard InChI is InChI=1S/C72H139NO13/c1-3-5-7-9-11-13-15-17-19-21-23-24-25-26-27-28-29-30-31-32-33-34-35-36-38-40-42-44-46-48-50-52-54-56-64(77)73-60(61(76)55-53-51-49-47-45-43-41-39-37-22-20-18-16-14-12-10-8-6-4-2)59-83-71-69(82)67(80)70(63(58-75)85-71)86-72-68(81)66(79)65(78)62(57-74)84-72/h21,23,60-63,65-72,74-76,78-82H,3-20,22,24-59H2,1-2H3,(H,73,77)/b23-21-. The summed E-state index contributed by atoms with van der Waals surface area (Å²) in [4.78, 5) is 13.4. The highest BCUT2D eigenvalue weighted by Gasteiger charge is 2.51. The normalized spacial score (nSPS) is 23.4. The number of ether oxygens (including phenoxy) is 4. The lowest BCUT2D eigenvalue weighted by Gasteiger charge is -2.46. The molecule has 12 atom stereocenters. The van der Waals surface area contributed by atoms with E-state index < -0.39 is 86.8 Å². The van der Waals surface area contributed by atoms with Crippen LogP contribution in [0.15, 0.2) is 12.2 Å². The van der Waals surface area contributed by atoms with Gasteiger partial charge in [0.1, 0.15) is 48.8 Å². The average Bonchev–Trinajstić information content (AvgIpc) is 2.63. The largest absolute Gasteiger partial charge is 0.394 e. The molecule has 0 radical (unpaired) electrons. The van der Waals surface area contributed by atoms with Crippen LogP contribution >= 0.6 is 0 Å². The van der Waals surface area contributed by atoms with E-state index in [1.807, 2.05) is 0 Å². The van der Waals surface area contributed by atoms with Crippen molar-refractivity contribution in [2.24, 2.45) is 0 Å². The number of aliphatic hydroxyl groups is 8. The third-order valence-corrected chi connectivity index (χ3v) is 18.5. The Labute approximate surface area is 526 Å². The minimum atomic E-state index is -1.78. The molecule has 0 aromatic rings. The van der Waals surface area contributed by atoms with Gasteiger partial charge < -0.3 is 65.1 Å². The van der Waals surface area contributed by atoms with E-state index in [0.717, 1.165) is 51.4 Å². The summed E-state index contributed by atoms with van der Waals surface area (Å²) in [6.45, 7) is 2.92. The molecule has 0 bridgehead atoms. The number of hydrogen-bond donors (Lipinski definition) is 9. The van der Waals surface area contributed by atoms with Crippen LogP contribution in [0.1, 0.15) is 348 Å². The Balaban J connectivity index is 1.61. The van der Waals surface area contributed by atoms with E-state index in [2.05, 4.69) is 31.3 Å². The number of nitrogens with one attached hydrogen (secondary N) is 1. The molecule has 2 saturated heterocycles. The molecule has 86 heavy (non-hydrogen) atoms. The van der Waals surface area contributed by atoms with Crippen molar-refractivity contribution in [3.05, 3.63) is 12.2 Å². The molecule has 0 spiro atoms. The van der Waals surface area contributed by atoms with Crippen LogP contribution in [-0.2, 0) is 23.7 Å². The lowest BCUT2D eigenvalue weighted by atomic mass is 9.97. The zero-order valence-corrected chi connectivity index (χ0v) is 55.6. The van der Waals surface area contributed by atoms with Crippen LogP contribution < -0.4 is 5.32 Å². The third kappa shape index (κ3) is 41.3. The molecule has 0 aliphatic carbocycles. The smallest absolute Gasteiger partial charge is 0.220 e. The van der Waals surface area contributed by atoms with E-state index in [9.17, 15) is 45.6 Å². The molecule has 2 fully saturated rings. The molecule has 12 unspecified atom stereocenters. The average molecular weight is 1230 g/mol. The van der Waals surface area contributed by atoms with Gasteiger partial charge in [-0.05, 0) is 38.5 Å². The summed E-state index contributed by atoms with van der Waals surface area (Å²) in [5.74, 6) is -0.198. The summed E-state index contributed by atoms with van der Waals surface area (Å²) < 4.78 is 22.9. The Morgan fingerprint density at radius 1 is 0.407 bits per heavy atom. The third-order valence-electron chi connectivity index (χ3n) is 18.5. The first-order valence-electron chi connectivity index (χ1n) is 36.9. The van der Waals surface area contributed by atoms with E-state index in [-0.39, 0.29) is 12.5 Å². The molecule has 9 N–H and O–H groups in total. The molecule has 14 heteroatoms. The van der Waals surface area contributed by atoms with Crippen molar-refractivity contribution < 1.29 is 64.6 Å². The maximum atomic E-state index is 13.4. The van der Waals surface area contributed by atoms with Crippen molar-refractivity contribution >= 4 is 5.91 Å². The van der Waals surface area contributed by atoms with Crippen LogP contribution in [0.5, 0.6) is 0 Å². The summed E-state index contributed by atoms with van der Waals surface area (Å²) >= 11 is 0. The fourth-order valence-electron chi connectivity index (χ4n) is 12.6. The van der Waals surface area contributed by atoms with Gasteiger partial charge in [-0.15, -0.1) is 0 Å². The summed E-state index contributed by atoms with van der Waals surface area (Å²) in [5, 5.41) is 87.6. The summed E-state index contributed by atoms with van der Waals surface area (Å²) in [6.07, 6.45) is 53.8. The summed E-state index contributed by atoms with van der Waals surface area (Å²) in [7, 11) is 0. The number of rotatable bonds is 62. The second-order valence-electron chi connectivity index (χ2n) is 26.4. The quantitative estimate of drug-likeness (QED) is 0.0204. The molecule has 0 saturated carbocycles. The highest BCUT2D eigenvalue weighted by atomic mass is 16.7. The van der Waals surface area contributed by atoms with Crippen molar-refractivity contribution in [3.63, 3.8) is 0 Å². The van der Waals surface area contributed by atoms with Gasteiger partial charge in [0.25, 0.3) is 0 Å². The molecule has 510 valence electrons. The zero-order valence-electron chi connectivity index (χ0n) is 55.6. The molecule has 2 aliphatic rings. The van der Waals surface area contributed by atoms with Gasteiger partial charge in [0.15, 0.2) is 12.6 Å². The number of carbonyl (C=O) groups is 1. The molecule has 1 amide bonds. The predicted molar refractivity (Wildman–Crippen MR) is 351 cm³/mol. The molecule has 2 heterocycles. The second kappa shape index (κ2) is 57.6. The summed E-state index contributed by atoms with van der Waals surface area (Å²) in [5.41, 5.74) is 0. The van der Waals surface area contributed by atoms with Crippen LogP contribution in [0.3, 0.4) is 0 Å². The Hall–Kier alpha value is -1.27. The van der Waals surface area contributed by atoms with Crippen LogP contribution in [0.4, 0.5) is 0 Å². The van der Waals surface area contributed by atoms with Gasteiger partial charge in [0.2, 0.25) is 5.91 Å². The van der Waals surface area contributed by atoms with Crippen molar-refractivity contribution in [2.75, 3.05) is 19.8 Å². The van der Waals surface area contributed by atoms with Gasteiger partial charge in [-0.2, -0.15) is 0 Å². The molecule has 2 aliphatic heterocycles. The van der Waals surface area contributed by atoms with E-state index in [1.165, 1.54) is 270 Å². The zero-order chi connectivity index (χ0) is 62.3. The van der Waals surface area contributed by atoms with E-state index in [4.69, 9.17) is 18.9 Å². The fourth-order valence-corrected chi connectivity index (χ4v) is 12.6. The van der Waals surface area contributed by atoms with E-state index in [0.29, 0.717) is 12.8 Å². The minimum Gasteiger partial charge on any atom is -0.394 e. The fraction of sp³-hybridized carbons (Fsp3) is 0.958. The van der Waals surface area contributed by atoms with Gasteiger partial charge >= 0.3 is 0 Å². The van der Waals surface area contributed by atoms with Gasteiger partial charge in [-0.25, -0.2) is 0 Å². The first-order chi connectivity index (χ1) is 42.1. The Morgan fingerprint density at radius 3 is 1.10 bits per heavy atom. The Bertz CT molecular complexity index is 1490. The Kier molecular flexibility index (Phi) is 54.1. The Morgan fingerprint density at radius 2 is 0.733 bits per heavy atom. The molecule has 0 aromatic carbocycles. The van der Waals surface area contributed by atoms with Crippen molar-refractivity contribution in [1.82, 2.24) is 5.32 Å². The van der Waals surface area contributed by atoms with E-state index >= 15 is 0 Å². The first-order valence-corrected chi connectivity index (χ1v) is 36.9. The monoisotopic (exact) mass is 1230 g/mol. The van der Waals surface area contributed by atoms with Crippen LogP contribution in [0.2, 0.25) is 0 Å². The lowest BCUT2D eigenvalue weighted by Crippen LogP contribution is -2.65. The SMILES string of the molecule is CCCCCCCCCC/C=C\CCCCCCCCCCCCCCCCCCCCCCCC(=O)NC(COC1OC(CO)C(OC2OC(CO)C(O)C(O)C2O)C(O)C1O)C(O)CCCCCCCCCCCCCCCCCCCCC. The number of unbranched alkanes of at least 4 members (excludes halogenated alkanes) is 47. The van der Waals surface area contributed by atoms with Crippen LogP contribution in [-0.4, -0.2) is 140 Å². The van der Waals surface area contributed by atoms with Crippen LogP contribution in [0, 0.1) is 0 Å². The van der Waals surface area contributed by atoms with Crippen molar-refractivity contribution in [2.45, 2.75) is 421 Å². The first kappa shape index (κ1) is 80.8. The number of hydrogen-bond acceptors (Lipinski definition) is 13. The minimum absolute atomic E-state index is 0.198. The van der Waals surface area contributed by atoms with Crippen molar-refractivity contribution in [3.8, 4) is 0 Å². The molecular weight excluding hydrogens is 1090 g/mol. The van der Waals surface area contributed by atoms with Gasteiger partial charge in [-0.1, -0.05) is 315 Å². The number of allylic oxidation sites excluding steroid dienone is 2. The maximum absolute atomic E-state index is 13.4. The lowest BCUT2D eigenvalue weighted by molar-refractivity contribution is -0.359. The molecule has 0 aromatic heterocycles. The molecule has 2 rings (SSSR count). The maximum Gasteiger partial charge on any atom is 0.220 e. The number of aliphatic hydroxyl groups excluding tert-OH is 8. The topological polar surface area (TPSA) is 228 Å². The highest BCUT2D eigenvalue weighted by Crippen LogP contribution is 2.30. The van der Waals surface area contributed by atoms with Crippen molar-refractivity contribution in [1.29, 1.82) is 0 Å². The van der Waals surface area contributed by atoms with Gasteiger partial charge in [-0.3, -0.25) is 4.79 Å².